The molecular weight excluding hydrogens is 318 g/mol. The minimum Gasteiger partial charge on any atom is -0.500 e. The van der Waals surface area contributed by atoms with Crippen LogP contribution in [-0.4, -0.2) is 35.5 Å². The van der Waals surface area contributed by atoms with Gasteiger partial charge in [-0.25, -0.2) is 0 Å². The Morgan fingerprint density at radius 1 is 1.32 bits per heavy atom. The molecule has 0 radical (unpaired) electrons. The van der Waals surface area contributed by atoms with Crippen LogP contribution in [0, 0.1) is 11.3 Å². The average Bonchev–Trinajstić information content (AvgIpc) is 2.88. The van der Waals surface area contributed by atoms with Gasteiger partial charge in [-0.1, -0.05) is 30.3 Å². The molecule has 0 spiro atoms. The summed E-state index contributed by atoms with van der Waals surface area (Å²) in [6.45, 7) is 7.93. The summed E-state index contributed by atoms with van der Waals surface area (Å²) in [5.41, 5.74) is -0.556. The van der Waals surface area contributed by atoms with Crippen LogP contribution in [0.5, 0.6) is 0 Å². The van der Waals surface area contributed by atoms with Crippen molar-refractivity contribution in [1.29, 1.82) is 0 Å². The Morgan fingerprint density at radius 2 is 2.00 bits per heavy atom. The molecule has 1 fully saturated rings. The molecule has 2 heterocycles. The largest absolute Gasteiger partial charge is 0.500 e. The molecular formula is C20H25NO4. The van der Waals surface area contributed by atoms with E-state index in [0.29, 0.717) is 6.54 Å². The number of amides is 1. The number of benzene rings is 1. The lowest BCUT2D eigenvalue weighted by Gasteiger charge is -2.34. The molecule has 1 aromatic rings. The lowest BCUT2D eigenvalue weighted by molar-refractivity contribution is -0.173. The Hall–Kier alpha value is -2.30. The van der Waals surface area contributed by atoms with E-state index in [1.54, 1.807) is 11.0 Å². The first-order chi connectivity index (χ1) is 11.7. The molecule has 5 heteroatoms. The van der Waals surface area contributed by atoms with Gasteiger partial charge < -0.3 is 14.4 Å². The van der Waals surface area contributed by atoms with Gasteiger partial charge in [0.1, 0.15) is 17.6 Å². The molecule has 0 N–H and O–H groups in total. The van der Waals surface area contributed by atoms with Crippen LogP contribution in [0.4, 0.5) is 0 Å². The summed E-state index contributed by atoms with van der Waals surface area (Å²) in [6, 6.07) is 9.71. The third kappa shape index (κ3) is 3.15. The van der Waals surface area contributed by atoms with Crippen LogP contribution in [0.3, 0.4) is 0 Å². The third-order valence-electron chi connectivity index (χ3n) is 4.86. The first-order valence-electron chi connectivity index (χ1n) is 8.62. The molecule has 0 saturated carbocycles. The minimum absolute atomic E-state index is 0.0539. The van der Waals surface area contributed by atoms with Gasteiger partial charge in [0.05, 0.1) is 18.2 Å². The Kier molecular flexibility index (Phi) is 4.35. The number of carbonyl (C=O) groups excluding carboxylic acids is 2. The zero-order valence-corrected chi connectivity index (χ0v) is 15.2. The fourth-order valence-corrected chi connectivity index (χ4v) is 3.50. The first-order valence-corrected chi connectivity index (χ1v) is 8.62. The van der Waals surface area contributed by atoms with Crippen molar-refractivity contribution in [2.24, 2.45) is 11.3 Å². The summed E-state index contributed by atoms with van der Waals surface area (Å²) in [6.07, 6.45) is 3.20. The van der Waals surface area contributed by atoms with E-state index < -0.39 is 16.9 Å². The maximum absolute atomic E-state index is 13.0. The zero-order chi connectivity index (χ0) is 18.2. The van der Waals surface area contributed by atoms with Crippen molar-refractivity contribution >= 4 is 11.9 Å². The second-order valence-corrected chi connectivity index (χ2v) is 7.83. The van der Waals surface area contributed by atoms with Gasteiger partial charge in [-0.3, -0.25) is 9.59 Å². The number of likely N-dealkylation sites (tertiary alicyclic amines) is 1. The molecule has 1 saturated heterocycles. The number of ether oxygens (including phenoxy) is 2. The summed E-state index contributed by atoms with van der Waals surface area (Å²) in [5, 5.41) is 0. The normalized spacial score (nSPS) is 26.8. The number of fused-ring (bicyclic) bond motifs is 1. The highest BCUT2D eigenvalue weighted by atomic mass is 16.6. The van der Waals surface area contributed by atoms with Crippen LogP contribution in [0.1, 0.15) is 39.3 Å². The molecule has 3 atom stereocenters. The van der Waals surface area contributed by atoms with Gasteiger partial charge in [-0.05, 0) is 39.3 Å². The standard InChI is InChI=1S/C20H25NO4/c1-14(15-8-6-5-7-9-15)21-12-20(18(23)25-19(2,3)4)13-24-11-10-16(20)17(21)22/h5-11,14,16H,12-13H2,1-4H3/t14-,16-,20+/m1/s1. The van der Waals surface area contributed by atoms with Gasteiger partial charge in [0.25, 0.3) is 0 Å². The fraction of sp³-hybridized carbons (Fsp3) is 0.500. The monoisotopic (exact) mass is 343 g/mol. The molecule has 5 nitrogen and oxygen atoms in total. The number of hydrogen-bond acceptors (Lipinski definition) is 4. The smallest absolute Gasteiger partial charge is 0.319 e. The Morgan fingerprint density at radius 3 is 2.64 bits per heavy atom. The third-order valence-corrected chi connectivity index (χ3v) is 4.86. The molecule has 0 aromatic heterocycles. The van der Waals surface area contributed by atoms with E-state index in [4.69, 9.17) is 9.47 Å². The van der Waals surface area contributed by atoms with Crippen molar-refractivity contribution in [3.63, 3.8) is 0 Å². The second kappa shape index (κ2) is 6.21. The molecule has 3 rings (SSSR count). The van der Waals surface area contributed by atoms with Gasteiger partial charge in [0, 0.05) is 6.54 Å². The Labute approximate surface area is 148 Å². The maximum Gasteiger partial charge on any atom is 0.319 e. The van der Waals surface area contributed by atoms with Crippen molar-refractivity contribution in [1.82, 2.24) is 4.90 Å². The molecule has 2 aliphatic heterocycles. The highest BCUT2D eigenvalue weighted by molar-refractivity contribution is 5.94. The second-order valence-electron chi connectivity index (χ2n) is 7.83. The molecule has 2 aliphatic rings. The van der Waals surface area contributed by atoms with E-state index in [1.165, 1.54) is 6.26 Å². The van der Waals surface area contributed by atoms with E-state index in [1.807, 2.05) is 58.0 Å². The van der Waals surface area contributed by atoms with Gasteiger partial charge in [-0.15, -0.1) is 0 Å². The summed E-state index contributed by atoms with van der Waals surface area (Å²) in [7, 11) is 0. The van der Waals surface area contributed by atoms with Gasteiger partial charge in [0.2, 0.25) is 5.91 Å². The lowest BCUT2D eigenvalue weighted by Crippen LogP contribution is -2.47. The van der Waals surface area contributed by atoms with Crippen molar-refractivity contribution in [3.05, 3.63) is 48.2 Å². The number of nitrogens with zero attached hydrogens (tertiary/aromatic N) is 1. The molecule has 0 aliphatic carbocycles. The first kappa shape index (κ1) is 17.5. The van der Waals surface area contributed by atoms with Crippen LogP contribution in [0.2, 0.25) is 0 Å². The number of esters is 1. The van der Waals surface area contributed by atoms with Crippen LogP contribution in [0.15, 0.2) is 42.7 Å². The number of carbonyl (C=O) groups is 2. The molecule has 134 valence electrons. The summed E-state index contributed by atoms with van der Waals surface area (Å²) >= 11 is 0. The van der Waals surface area contributed by atoms with E-state index in [2.05, 4.69) is 0 Å². The Balaban J connectivity index is 1.92. The van der Waals surface area contributed by atoms with E-state index in [-0.39, 0.29) is 24.5 Å². The molecule has 0 bridgehead atoms. The summed E-state index contributed by atoms with van der Waals surface area (Å²) < 4.78 is 11.1. The lowest BCUT2D eigenvalue weighted by atomic mass is 9.77. The van der Waals surface area contributed by atoms with Crippen molar-refractivity contribution in [2.45, 2.75) is 39.3 Å². The fourth-order valence-electron chi connectivity index (χ4n) is 3.50. The van der Waals surface area contributed by atoms with E-state index in [0.717, 1.165) is 5.56 Å². The van der Waals surface area contributed by atoms with Crippen LogP contribution in [-0.2, 0) is 19.1 Å². The predicted molar refractivity (Wildman–Crippen MR) is 93.4 cm³/mol. The Bertz CT molecular complexity index is 691. The van der Waals surface area contributed by atoms with Gasteiger partial charge in [-0.2, -0.15) is 0 Å². The van der Waals surface area contributed by atoms with Crippen molar-refractivity contribution in [2.75, 3.05) is 13.2 Å². The van der Waals surface area contributed by atoms with Crippen LogP contribution in [0.25, 0.3) is 0 Å². The molecule has 25 heavy (non-hydrogen) atoms. The van der Waals surface area contributed by atoms with Crippen molar-refractivity contribution in [3.8, 4) is 0 Å². The topological polar surface area (TPSA) is 55.8 Å². The highest BCUT2D eigenvalue weighted by Gasteiger charge is 2.60. The maximum atomic E-state index is 13.0. The number of rotatable bonds is 3. The zero-order valence-electron chi connectivity index (χ0n) is 15.2. The SMILES string of the molecule is C[C@H](c1ccccc1)N1C[C@]2(C(=O)OC(C)(C)C)COC=C[C@@H]2C1=O. The quantitative estimate of drug-likeness (QED) is 0.792. The van der Waals surface area contributed by atoms with Crippen LogP contribution >= 0.6 is 0 Å². The highest BCUT2D eigenvalue weighted by Crippen LogP contribution is 2.45. The molecule has 0 unspecified atom stereocenters. The van der Waals surface area contributed by atoms with Gasteiger partial charge in [0.15, 0.2) is 0 Å². The molecule has 1 aromatic carbocycles. The minimum atomic E-state index is -0.984. The van der Waals surface area contributed by atoms with E-state index >= 15 is 0 Å². The summed E-state index contributed by atoms with van der Waals surface area (Å²) in [4.78, 5) is 27.8. The number of hydrogen-bond donors (Lipinski definition) is 0. The van der Waals surface area contributed by atoms with Gasteiger partial charge >= 0.3 is 5.97 Å². The summed E-state index contributed by atoms with van der Waals surface area (Å²) in [5.74, 6) is -0.963. The average molecular weight is 343 g/mol. The molecule has 1 amide bonds. The van der Waals surface area contributed by atoms with E-state index in [9.17, 15) is 9.59 Å². The van der Waals surface area contributed by atoms with Crippen molar-refractivity contribution < 1.29 is 19.1 Å². The van der Waals surface area contributed by atoms with Crippen LogP contribution < -0.4 is 0 Å². The predicted octanol–water partition coefficient (Wildman–Crippen LogP) is 3.08.